The number of methoxy groups -OCH3 is 1. The van der Waals surface area contributed by atoms with Gasteiger partial charge >= 0.3 is 5.97 Å². The van der Waals surface area contributed by atoms with Crippen molar-refractivity contribution in [2.45, 2.75) is 11.8 Å². The van der Waals surface area contributed by atoms with Gasteiger partial charge in [0.25, 0.3) is 0 Å². The second-order valence-electron chi connectivity index (χ2n) is 4.09. The number of benzene rings is 1. The molecule has 1 aromatic carbocycles. The monoisotopic (exact) mass is 352 g/mol. The molecule has 3 N–H and O–H groups in total. The lowest BCUT2D eigenvalue weighted by Gasteiger charge is -2.13. The molecule has 0 atom stereocenters. The Labute approximate surface area is 128 Å². The molecule has 0 unspecified atom stereocenters. The average Bonchev–Trinajstić information content (AvgIpc) is 2.44. The number of hydrogen-bond donors (Lipinski definition) is 3. The summed E-state index contributed by atoms with van der Waals surface area (Å²) in [5.74, 6) is -1.38. The minimum atomic E-state index is -4.20. The fraction of sp³-hybridized carbons (Fsp3) is 0.364. The number of anilines is 1. The summed E-state index contributed by atoms with van der Waals surface area (Å²) in [6.45, 7) is 0.563. The van der Waals surface area contributed by atoms with Gasteiger partial charge in [-0.2, -0.15) is 4.72 Å². The van der Waals surface area contributed by atoms with Gasteiger partial charge in [0.2, 0.25) is 20.0 Å². The summed E-state index contributed by atoms with van der Waals surface area (Å²) in [5.41, 5.74) is -0.223. The van der Waals surface area contributed by atoms with Crippen molar-refractivity contribution in [2.75, 3.05) is 24.1 Å². The third kappa shape index (κ3) is 4.86. The summed E-state index contributed by atoms with van der Waals surface area (Å²) >= 11 is 0. The largest absolute Gasteiger partial charge is 0.497 e. The molecule has 0 spiro atoms. The molecule has 0 aliphatic rings. The molecule has 0 aliphatic heterocycles. The van der Waals surface area contributed by atoms with Crippen LogP contribution in [0.5, 0.6) is 5.75 Å². The Balaban J connectivity index is 3.32. The van der Waals surface area contributed by atoms with Crippen LogP contribution in [-0.4, -0.2) is 47.3 Å². The Morgan fingerprint density at radius 3 is 2.41 bits per heavy atom. The van der Waals surface area contributed by atoms with Crippen LogP contribution >= 0.6 is 0 Å². The maximum Gasteiger partial charge on any atom is 0.318 e. The van der Waals surface area contributed by atoms with Gasteiger partial charge in [0.15, 0.2) is 0 Å². The Kier molecular flexibility index (Phi) is 5.74. The molecule has 0 aliphatic carbocycles. The molecule has 0 fully saturated rings. The highest BCUT2D eigenvalue weighted by molar-refractivity contribution is 7.93. The highest BCUT2D eigenvalue weighted by atomic mass is 32.2. The van der Waals surface area contributed by atoms with Gasteiger partial charge in [0.1, 0.15) is 17.2 Å². The van der Waals surface area contributed by atoms with E-state index in [0.717, 1.165) is 6.07 Å². The van der Waals surface area contributed by atoms with E-state index in [4.69, 9.17) is 9.84 Å². The number of carboxylic acids is 1. The molecular weight excluding hydrogens is 336 g/mol. The summed E-state index contributed by atoms with van der Waals surface area (Å²) < 4.78 is 56.4. The molecule has 0 radical (unpaired) electrons. The lowest BCUT2D eigenvalue weighted by molar-refractivity contribution is -0.135. The topological polar surface area (TPSA) is 139 Å². The first kappa shape index (κ1) is 18.2. The second kappa shape index (κ2) is 6.94. The van der Waals surface area contributed by atoms with E-state index in [-0.39, 0.29) is 17.2 Å². The maximum atomic E-state index is 12.1. The van der Waals surface area contributed by atoms with Crippen molar-refractivity contribution in [2.24, 2.45) is 0 Å². The fourth-order valence-electron chi connectivity index (χ4n) is 1.42. The quantitative estimate of drug-likeness (QED) is 0.590. The van der Waals surface area contributed by atoms with Crippen LogP contribution in [-0.2, 0) is 24.8 Å². The van der Waals surface area contributed by atoms with E-state index < -0.39 is 37.5 Å². The number of carbonyl (C=O) groups is 1. The van der Waals surface area contributed by atoms with Crippen molar-refractivity contribution >= 4 is 31.7 Å². The molecule has 9 nitrogen and oxygen atoms in total. The highest BCUT2D eigenvalue weighted by Crippen LogP contribution is 2.27. The molecule has 22 heavy (non-hydrogen) atoms. The van der Waals surface area contributed by atoms with E-state index in [0.29, 0.717) is 0 Å². The minimum Gasteiger partial charge on any atom is -0.497 e. The van der Waals surface area contributed by atoms with Gasteiger partial charge in [-0.1, -0.05) is 0 Å². The zero-order valence-electron chi connectivity index (χ0n) is 11.9. The number of rotatable bonds is 8. The maximum absolute atomic E-state index is 12.1. The molecule has 0 heterocycles. The minimum absolute atomic E-state index is 0.223. The molecule has 0 amide bonds. The van der Waals surface area contributed by atoms with Crippen molar-refractivity contribution < 1.29 is 31.5 Å². The molecule has 1 rings (SSSR count). The first-order valence-electron chi connectivity index (χ1n) is 6.01. The third-order valence-electron chi connectivity index (χ3n) is 2.54. The average molecular weight is 352 g/mol. The predicted molar refractivity (Wildman–Crippen MR) is 78.9 cm³/mol. The SMILES string of the molecule is CCS(=O)(=O)Nc1cc(OC)ccc1S(=O)(=O)NCC(=O)O. The van der Waals surface area contributed by atoms with E-state index >= 15 is 0 Å². The highest BCUT2D eigenvalue weighted by Gasteiger charge is 2.22. The lowest BCUT2D eigenvalue weighted by Crippen LogP contribution is -2.30. The number of sulfonamides is 2. The third-order valence-corrected chi connectivity index (χ3v) is 5.29. The molecule has 11 heteroatoms. The predicted octanol–water partition coefficient (Wildman–Crippen LogP) is -0.180. The van der Waals surface area contributed by atoms with E-state index in [1.54, 1.807) is 0 Å². The first-order valence-corrected chi connectivity index (χ1v) is 9.15. The molecule has 0 saturated heterocycles. The molecule has 124 valence electrons. The molecule has 0 bridgehead atoms. The van der Waals surface area contributed by atoms with Gasteiger partial charge in [-0.25, -0.2) is 16.8 Å². The van der Waals surface area contributed by atoms with Crippen molar-refractivity contribution in [3.8, 4) is 5.75 Å². The van der Waals surface area contributed by atoms with E-state index in [9.17, 15) is 21.6 Å². The van der Waals surface area contributed by atoms with Gasteiger partial charge in [-0.15, -0.1) is 0 Å². The summed E-state index contributed by atoms with van der Waals surface area (Å²) in [6.07, 6.45) is 0. The van der Waals surface area contributed by atoms with Crippen molar-refractivity contribution in [1.82, 2.24) is 4.72 Å². The Hall–Kier alpha value is -1.85. The Morgan fingerprint density at radius 2 is 1.91 bits per heavy atom. The van der Waals surface area contributed by atoms with Crippen LogP contribution in [0.15, 0.2) is 23.1 Å². The summed E-state index contributed by atoms with van der Waals surface area (Å²) in [5, 5.41) is 8.54. The second-order valence-corrected chi connectivity index (χ2v) is 7.83. The van der Waals surface area contributed by atoms with Crippen LogP contribution in [0.25, 0.3) is 0 Å². The fourth-order valence-corrected chi connectivity index (χ4v) is 3.25. The normalized spacial score (nSPS) is 11.9. The standard InChI is InChI=1S/C11H16N2O7S2/c1-3-21(16,17)13-9-6-8(20-2)4-5-10(9)22(18,19)12-7-11(14)15/h4-6,12-13H,3,7H2,1-2H3,(H,14,15). The zero-order valence-corrected chi connectivity index (χ0v) is 13.5. The van der Waals surface area contributed by atoms with Crippen LogP contribution in [0.4, 0.5) is 5.69 Å². The Bertz CT molecular complexity index is 757. The smallest absolute Gasteiger partial charge is 0.318 e. The summed E-state index contributed by atoms with van der Waals surface area (Å²) in [6, 6.07) is 3.64. The van der Waals surface area contributed by atoms with E-state index in [1.807, 2.05) is 4.72 Å². The van der Waals surface area contributed by atoms with Crippen LogP contribution < -0.4 is 14.2 Å². The van der Waals surface area contributed by atoms with E-state index in [1.165, 1.54) is 26.2 Å². The van der Waals surface area contributed by atoms with Crippen LogP contribution in [0.2, 0.25) is 0 Å². The van der Waals surface area contributed by atoms with Crippen molar-refractivity contribution in [3.63, 3.8) is 0 Å². The van der Waals surface area contributed by atoms with Crippen LogP contribution in [0, 0.1) is 0 Å². The molecule has 0 saturated carbocycles. The number of carboxylic acid groups (broad SMARTS) is 1. The molecular formula is C11H16N2O7S2. The van der Waals surface area contributed by atoms with Crippen LogP contribution in [0.1, 0.15) is 6.92 Å². The first-order chi connectivity index (χ1) is 10.1. The van der Waals surface area contributed by atoms with E-state index in [2.05, 4.69) is 4.72 Å². The number of ether oxygens (including phenoxy) is 1. The van der Waals surface area contributed by atoms with Crippen molar-refractivity contribution in [3.05, 3.63) is 18.2 Å². The van der Waals surface area contributed by atoms with Crippen molar-refractivity contribution in [1.29, 1.82) is 0 Å². The number of hydrogen-bond acceptors (Lipinski definition) is 6. The van der Waals surface area contributed by atoms with Crippen LogP contribution in [0.3, 0.4) is 0 Å². The molecule has 0 aromatic heterocycles. The van der Waals surface area contributed by atoms with Gasteiger partial charge < -0.3 is 9.84 Å². The van der Waals surface area contributed by atoms with Gasteiger partial charge in [0.05, 0.1) is 18.6 Å². The lowest BCUT2D eigenvalue weighted by atomic mass is 10.3. The van der Waals surface area contributed by atoms with Gasteiger partial charge in [-0.05, 0) is 19.1 Å². The summed E-state index contributed by atoms with van der Waals surface area (Å²) in [7, 11) is -6.59. The molecule has 1 aromatic rings. The number of aliphatic carboxylic acids is 1. The van der Waals surface area contributed by atoms with Gasteiger partial charge in [0, 0.05) is 6.07 Å². The summed E-state index contributed by atoms with van der Waals surface area (Å²) in [4.78, 5) is 10.1. The Morgan fingerprint density at radius 1 is 1.27 bits per heavy atom. The zero-order chi connectivity index (χ0) is 17.0. The number of nitrogens with one attached hydrogen (secondary N) is 2. The van der Waals surface area contributed by atoms with Gasteiger partial charge in [-0.3, -0.25) is 9.52 Å².